The lowest BCUT2D eigenvalue weighted by Crippen LogP contribution is -2.15. The molecule has 0 amide bonds. The van der Waals surface area contributed by atoms with Crippen molar-refractivity contribution in [2.24, 2.45) is 5.92 Å². The van der Waals surface area contributed by atoms with E-state index in [1.54, 1.807) is 0 Å². The quantitative estimate of drug-likeness (QED) is 0.810. The molecule has 0 aliphatic rings. The van der Waals surface area contributed by atoms with Crippen molar-refractivity contribution in [3.8, 4) is 0 Å². The minimum absolute atomic E-state index is 0.733. The van der Waals surface area contributed by atoms with Crippen molar-refractivity contribution in [2.45, 2.75) is 33.2 Å². The summed E-state index contributed by atoms with van der Waals surface area (Å²) in [6.07, 6.45) is 6.40. The van der Waals surface area contributed by atoms with E-state index in [0.29, 0.717) is 0 Å². The van der Waals surface area contributed by atoms with Crippen LogP contribution in [0.3, 0.4) is 0 Å². The zero-order valence-corrected chi connectivity index (χ0v) is 11.7. The van der Waals surface area contributed by atoms with Crippen LogP contribution >= 0.6 is 11.6 Å². The standard InChI is InChI=1S/C14H20ClN3/c1-11(2)4-3-7-16-8-13-10-18-9-12(15)5-6-14(18)17-13/h5-6,9-11,16H,3-4,7-8H2,1-2H3. The first-order valence-corrected chi connectivity index (χ1v) is 6.87. The molecule has 2 heterocycles. The highest BCUT2D eigenvalue weighted by molar-refractivity contribution is 6.30. The molecule has 2 aromatic rings. The molecule has 4 heteroatoms. The molecule has 0 saturated heterocycles. The van der Waals surface area contributed by atoms with Crippen LogP contribution < -0.4 is 5.32 Å². The number of hydrogen-bond acceptors (Lipinski definition) is 2. The maximum atomic E-state index is 5.94. The zero-order valence-electron chi connectivity index (χ0n) is 11.0. The van der Waals surface area contributed by atoms with E-state index in [2.05, 4.69) is 24.1 Å². The Hall–Kier alpha value is -1.06. The highest BCUT2D eigenvalue weighted by atomic mass is 35.5. The second-order valence-electron chi connectivity index (χ2n) is 5.06. The van der Waals surface area contributed by atoms with E-state index in [4.69, 9.17) is 11.6 Å². The molecule has 3 nitrogen and oxygen atoms in total. The molecular formula is C14H20ClN3. The molecule has 1 N–H and O–H groups in total. The summed E-state index contributed by atoms with van der Waals surface area (Å²) in [6.45, 7) is 6.38. The number of rotatable bonds is 6. The molecule has 0 radical (unpaired) electrons. The summed E-state index contributed by atoms with van der Waals surface area (Å²) in [5.41, 5.74) is 2.00. The van der Waals surface area contributed by atoms with Crippen LogP contribution in [0.1, 0.15) is 32.4 Å². The minimum Gasteiger partial charge on any atom is -0.311 e. The van der Waals surface area contributed by atoms with Crippen molar-refractivity contribution >= 4 is 17.2 Å². The monoisotopic (exact) mass is 265 g/mol. The average molecular weight is 266 g/mol. The Labute approximate surface area is 113 Å². The predicted octanol–water partition coefficient (Wildman–Crippen LogP) is 3.51. The van der Waals surface area contributed by atoms with Gasteiger partial charge in [0, 0.05) is 18.9 Å². The molecule has 2 rings (SSSR count). The van der Waals surface area contributed by atoms with Crippen molar-refractivity contribution < 1.29 is 0 Å². The van der Waals surface area contributed by atoms with Gasteiger partial charge in [0.1, 0.15) is 5.65 Å². The van der Waals surface area contributed by atoms with Crippen LogP contribution in [0.4, 0.5) is 0 Å². The van der Waals surface area contributed by atoms with Crippen LogP contribution in [0.15, 0.2) is 24.5 Å². The maximum absolute atomic E-state index is 5.94. The van der Waals surface area contributed by atoms with Crippen molar-refractivity contribution in [1.29, 1.82) is 0 Å². The first-order valence-electron chi connectivity index (χ1n) is 6.49. The Kier molecular flexibility index (Phi) is 4.61. The molecule has 0 fully saturated rings. The lowest BCUT2D eigenvalue weighted by Gasteiger charge is -2.04. The summed E-state index contributed by atoms with van der Waals surface area (Å²) >= 11 is 5.94. The summed E-state index contributed by atoms with van der Waals surface area (Å²) in [5.74, 6) is 0.782. The van der Waals surface area contributed by atoms with Crippen LogP contribution in [0.25, 0.3) is 5.65 Å². The number of hydrogen-bond donors (Lipinski definition) is 1. The molecule has 2 aromatic heterocycles. The van der Waals surface area contributed by atoms with E-state index in [0.717, 1.165) is 35.4 Å². The first-order chi connectivity index (χ1) is 8.65. The van der Waals surface area contributed by atoms with Gasteiger partial charge in [0.05, 0.1) is 10.7 Å². The van der Waals surface area contributed by atoms with Gasteiger partial charge in [-0.15, -0.1) is 0 Å². The Morgan fingerprint density at radius 1 is 1.33 bits per heavy atom. The maximum Gasteiger partial charge on any atom is 0.137 e. The summed E-state index contributed by atoms with van der Waals surface area (Å²) in [4.78, 5) is 4.53. The molecule has 98 valence electrons. The lowest BCUT2D eigenvalue weighted by molar-refractivity contribution is 0.526. The van der Waals surface area contributed by atoms with Crippen LogP contribution in [0.2, 0.25) is 5.02 Å². The SMILES string of the molecule is CC(C)CCCNCc1cn2cc(Cl)ccc2n1. The predicted molar refractivity (Wildman–Crippen MR) is 76.0 cm³/mol. The number of fused-ring (bicyclic) bond motifs is 1. The van der Waals surface area contributed by atoms with Crippen molar-refractivity contribution in [1.82, 2.24) is 14.7 Å². The van der Waals surface area contributed by atoms with Crippen LogP contribution in [0.5, 0.6) is 0 Å². The van der Waals surface area contributed by atoms with E-state index in [9.17, 15) is 0 Å². The van der Waals surface area contributed by atoms with Gasteiger partial charge >= 0.3 is 0 Å². The number of pyridine rings is 1. The molecule has 0 unspecified atom stereocenters. The average Bonchev–Trinajstić information content (AvgIpc) is 2.70. The van der Waals surface area contributed by atoms with Crippen molar-refractivity contribution in [3.63, 3.8) is 0 Å². The number of halogens is 1. The number of aromatic nitrogens is 2. The third-order valence-electron chi connectivity index (χ3n) is 2.91. The summed E-state index contributed by atoms with van der Waals surface area (Å²) in [6, 6.07) is 3.80. The van der Waals surface area contributed by atoms with E-state index < -0.39 is 0 Å². The molecular weight excluding hydrogens is 246 g/mol. The molecule has 0 aliphatic heterocycles. The van der Waals surface area contributed by atoms with Gasteiger partial charge in [-0.05, 0) is 37.4 Å². The topological polar surface area (TPSA) is 29.3 Å². The summed E-state index contributed by atoms with van der Waals surface area (Å²) in [5, 5.41) is 4.16. The van der Waals surface area contributed by atoms with Crippen LogP contribution in [-0.2, 0) is 6.54 Å². The third-order valence-corrected chi connectivity index (χ3v) is 3.13. The normalized spacial score (nSPS) is 11.6. The minimum atomic E-state index is 0.733. The number of nitrogens with zero attached hydrogens (tertiary/aromatic N) is 2. The Morgan fingerprint density at radius 2 is 2.17 bits per heavy atom. The van der Waals surface area contributed by atoms with Gasteiger partial charge in [0.15, 0.2) is 0 Å². The lowest BCUT2D eigenvalue weighted by atomic mass is 10.1. The van der Waals surface area contributed by atoms with E-state index in [-0.39, 0.29) is 0 Å². The van der Waals surface area contributed by atoms with Crippen LogP contribution in [0, 0.1) is 5.92 Å². The van der Waals surface area contributed by atoms with Gasteiger partial charge in [-0.2, -0.15) is 0 Å². The van der Waals surface area contributed by atoms with Gasteiger partial charge in [-0.25, -0.2) is 4.98 Å². The number of nitrogens with one attached hydrogen (secondary N) is 1. The Morgan fingerprint density at radius 3 is 2.94 bits per heavy atom. The molecule has 0 aromatic carbocycles. The summed E-state index contributed by atoms with van der Waals surface area (Å²) < 4.78 is 1.97. The molecule has 0 spiro atoms. The van der Waals surface area contributed by atoms with Crippen LogP contribution in [-0.4, -0.2) is 15.9 Å². The fraction of sp³-hybridized carbons (Fsp3) is 0.500. The van der Waals surface area contributed by atoms with Crippen molar-refractivity contribution in [3.05, 3.63) is 35.2 Å². The molecule has 0 bridgehead atoms. The largest absolute Gasteiger partial charge is 0.311 e. The Balaban J connectivity index is 1.84. The first kappa shape index (κ1) is 13.4. The fourth-order valence-electron chi connectivity index (χ4n) is 1.95. The molecule has 0 aliphatic carbocycles. The molecule has 18 heavy (non-hydrogen) atoms. The highest BCUT2D eigenvalue weighted by Crippen LogP contribution is 2.11. The zero-order chi connectivity index (χ0) is 13.0. The second kappa shape index (κ2) is 6.21. The van der Waals surface area contributed by atoms with Gasteiger partial charge in [-0.3, -0.25) is 0 Å². The van der Waals surface area contributed by atoms with Crippen molar-refractivity contribution in [2.75, 3.05) is 6.54 Å². The van der Waals surface area contributed by atoms with E-state index in [1.165, 1.54) is 12.8 Å². The number of imidazole rings is 1. The van der Waals surface area contributed by atoms with E-state index in [1.807, 2.05) is 28.9 Å². The van der Waals surface area contributed by atoms with E-state index >= 15 is 0 Å². The summed E-state index contributed by atoms with van der Waals surface area (Å²) in [7, 11) is 0. The van der Waals surface area contributed by atoms with Gasteiger partial charge in [0.25, 0.3) is 0 Å². The highest BCUT2D eigenvalue weighted by Gasteiger charge is 2.01. The third kappa shape index (κ3) is 3.72. The molecule has 0 atom stereocenters. The smallest absolute Gasteiger partial charge is 0.137 e. The fourth-order valence-corrected chi connectivity index (χ4v) is 2.12. The molecule has 0 saturated carbocycles. The Bertz CT molecular complexity index is 505. The second-order valence-corrected chi connectivity index (χ2v) is 5.49. The van der Waals surface area contributed by atoms with Gasteiger partial charge < -0.3 is 9.72 Å². The van der Waals surface area contributed by atoms with Gasteiger partial charge in [-0.1, -0.05) is 25.4 Å². The van der Waals surface area contributed by atoms with Gasteiger partial charge in [0.2, 0.25) is 0 Å².